The number of hydrogen-bond acceptors (Lipinski definition) is 2. The van der Waals surface area contributed by atoms with Crippen LogP contribution in [0.3, 0.4) is 0 Å². The highest BCUT2D eigenvalue weighted by atomic mass is 35.5. The zero-order valence-corrected chi connectivity index (χ0v) is 9.11. The third-order valence-electron chi connectivity index (χ3n) is 2.72. The molecule has 0 atom stereocenters. The van der Waals surface area contributed by atoms with E-state index < -0.39 is 5.37 Å². The van der Waals surface area contributed by atoms with Crippen LogP contribution in [0.15, 0.2) is 24.6 Å². The molecule has 15 heavy (non-hydrogen) atoms. The summed E-state index contributed by atoms with van der Waals surface area (Å²) in [5, 5.41) is -0.474. The number of morpholine rings is 1. The fourth-order valence-electron chi connectivity index (χ4n) is 1.84. The molecule has 5 heteroatoms. The van der Waals surface area contributed by atoms with Gasteiger partial charge in [-0.1, -0.05) is 0 Å². The number of carbonyl (C=O) groups excluding carboxylic acids is 1. The Bertz CT molecular complexity index is 284. The van der Waals surface area contributed by atoms with Gasteiger partial charge in [-0.25, -0.2) is 0 Å². The van der Waals surface area contributed by atoms with Gasteiger partial charge in [-0.15, -0.1) is 0 Å². The van der Waals surface area contributed by atoms with Crippen molar-refractivity contribution in [2.45, 2.75) is 6.04 Å². The van der Waals surface area contributed by atoms with Crippen molar-refractivity contribution in [2.24, 2.45) is 0 Å². The summed E-state index contributed by atoms with van der Waals surface area (Å²) in [6, 6.07) is 0.334. The molecule has 0 spiro atoms. The van der Waals surface area contributed by atoms with Crippen LogP contribution in [0.4, 0.5) is 4.79 Å². The lowest BCUT2D eigenvalue weighted by molar-refractivity contribution is -0.919. The maximum absolute atomic E-state index is 10.8. The lowest BCUT2D eigenvalue weighted by atomic mass is 10.2. The fraction of sp³-hybridized carbons (Fsp3) is 0.500. The Morgan fingerprint density at radius 1 is 1.33 bits per heavy atom. The number of carbonyl (C=O) groups is 1. The first-order valence-corrected chi connectivity index (χ1v) is 5.42. The van der Waals surface area contributed by atoms with Gasteiger partial charge in [0.2, 0.25) is 0 Å². The smallest absolute Gasteiger partial charge is 0.324 e. The summed E-state index contributed by atoms with van der Waals surface area (Å²) in [6.07, 6.45) is 7.45. The van der Waals surface area contributed by atoms with Crippen molar-refractivity contribution in [3.63, 3.8) is 0 Å². The molecule has 0 radical (unpaired) electrons. The summed E-state index contributed by atoms with van der Waals surface area (Å²) in [5.74, 6) is 0. The molecule has 4 nitrogen and oxygen atoms in total. The molecular formula is C10H14ClN2O2+. The average molecular weight is 230 g/mol. The van der Waals surface area contributed by atoms with Crippen LogP contribution in [0.1, 0.15) is 0 Å². The van der Waals surface area contributed by atoms with Crippen LogP contribution in [-0.4, -0.2) is 42.6 Å². The van der Waals surface area contributed by atoms with Crippen LogP contribution in [0, 0.1) is 0 Å². The first-order chi connectivity index (χ1) is 7.27. The molecule has 0 aromatic rings. The second-order valence-corrected chi connectivity index (χ2v) is 3.96. The Morgan fingerprint density at radius 3 is 2.47 bits per heavy atom. The summed E-state index contributed by atoms with van der Waals surface area (Å²) < 4.78 is 5.30. The molecule has 0 bridgehead atoms. The number of hydrogen-bond donors (Lipinski definition) is 1. The molecule has 2 aliphatic rings. The van der Waals surface area contributed by atoms with Gasteiger partial charge in [0.15, 0.2) is 0 Å². The van der Waals surface area contributed by atoms with Gasteiger partial charge in [0.05, 0.1) is 13.2 Å². The van der Waals surface area contributed by atoms with Gasteiger partial charge in [0.25, 0.3) is 0 Å². The Labute approximate surface area is 93.7 Å². The minimum absolute atomic E-state index is 0.334. The third kappa shape index (κ3) is 2.59. The predicted molar refractivity (Wildman–Crippen MR) is 56.7 cm³/mol. The van der Waals surface area contributed by atoms with E-state index in [4.69, 9.17) is 16.3 Å². The summed E-state index contributed by atoms with van der Waals surface area (Å²) in [6.45, 7) is 3.64. The molecule has 82 valence electrons. The average Bonchev–Trinajstić information content (AvgIpc) is 2.30. The van der Waals surface area contributed by atoms with E-state index in [-0.39, 0.29) is 0 Å². The van der Waals surface area contributed by atoms with E-state index in [1.807, 2.05) is 12.2 Å². The van der Waals surface area contributed by atoms with Crippen molar-refractivity contribution in [3.05, 3.63) is 24.6 Å². The third-order valence-corrected chi connectivity index (χ3v) is 2.91. The first kappa shape index (κ1) is 10.7. The summed E-state index contributed by atoms with van der Waals surface area (Å²) in [4.78, 5) is 13.7. The lowest BCUT2D eigenvalue weighted by Gasteiger charge is -2.30. The van der Waals surface area contributed by atoms with E-state index in [0.717, 1.165) is 26.3 Å². The fourth-order valence-corrected chi connectivity index (χ4v) is 1.95. The second kappa shape index (κ2) is 4.79. The van der Waals surface area contributed by atoms with Crippen LogP contribution in [0.2, 0.25) is 0 Å². The maximum Gasteiger partial charge on any atom is 0.324 e. The van der Waals surface area contributed by atoms with Crippen LogP contribution in [-0.2, 0) is 4.74 Å². The van der Waals surface area contributed by atoms with Gasteiger partial charge in [-0.05, 0) is 23.8 Å². The summed E-state index contributed by atoms with van der Waals surface area (Å²) >= 11 is 5.35. The van der Waals surface area contributed by atoms with Gasteiger partial charge in [-0.2, -0.15) is 0 Å². The maximum atomic E-state index is 10.8. The minimum Gasteiger partial charge on any atom is -0.370 e. The highest BCUT2D eigenvalue weighted by molar-refractivity contribution is 6.63. The van der Waals surface area contributed by atoms with Gasteiger partial charge in [0.1, 0.15) is 19.1 Å². The van der Waals surface area contributed by atoms with Crippen LogP contribution >= 0.6 is 11.6 Å². The van der Waals surface area contributed by atoms with Crippen LogP contribution in [0.25, 0.3) is 0 Å². The first-order valence-electron chi connectivity index (χ1n) is 5.04. The zero-order chi connectivity index (χ0) is 10.7. The molecule has 0 aromatic heterocycles. The largest absolute Gasteiger partial charge is 0.370 e. The number of ether oxygens (including phenoxy) is 1. The van der Waals surface area contributed by atoms with Gasteiger partial charge in [-0.3, -0.25) is 9.69 Å². The quantitative estimate of drug-likeness (QED) is 0.506. The molecule has 1 N–H and O–H groups in total. The molecule has 0 saturated carbocycles. The summed E-state index contributed by atoms with van der Waals surface area (Å²) in [5.41, 5.74) is 0. The highest BCUT2D eigenvalue weighted by Gasteiger charge is 2.22. The van der Waals surface area contributed by atoms with E-state index in [1.54, 1.807) is 12.4 Å². The van der Waals surface area contributed by atoms with E-state index in [0.29, 0.717) is 6.04 Å². The SMILES string of the molecule is O=C(Cl)N1C=CC([NH+]2CCOCC2)C=C1. The number of halogens is 1. The molecule has 0 unspecified atom stereocenters. The van der Waals surface area contributed by atoms with Crippen molar-refractivity contribution in [2.75, 3.05) is 26.3 Å². The lowest BCUT2D eigenvalue weighted by Crippen LogP contribution is -3.17. The minimum atomic E-state index is -0.474. The van der Waals surface area contributed by atoms with Gasteiger partial charge >= 0.3 is 5.37 Å². The molecule has 2 aliphatic heterocycles. The number of rotatable bonds is 1. The van der Waals surface area contributed by atoms with Crippen molar-refractivity contribution in [1.29, 1.82) is 0 Å². The topological polar surface area (TPSA) is 34.0 Å². The Balaban J connectivity index is 1.94. The highest BCUT2D eigenvalue weighted by Crippen LogP contribution is 2.05. The van der Waals surface area contributed by atoms with Crippen LogP contribution in [0.5, 0.6) is 0 Å². The van der Waals surface area contributed by atoms with E-state index in [2.05, 4.69) is 0 Å². The number of nitrogens with one attached hydrogen (secondary N) is 1. The number of nitrogens with zero attached hydrogens (tertiary/aromatic N) is 1. The standard InChI is InChI=1S/C10H13ClN2O2/c11-10(14)13-3-1-9(2-4-13)12-5-7-15-8-6-12/h1-4,9H,5-8H2/p+1. The molecular weight excluding hydrogens is 216 g/mol. The van der Waals surface area contributed by atoms with E-state index in [1.165, 1.54) is 9.80 Å². The Hall–Kier alpha value is -0.840. The number of quaternary nitrogens is 1. The molecule has 0 aliphatic carbocycles. The zero-order valence-electron chi connectivity index (χ0n) is 8.36. The molecule has 0 aromatic carbocycles. The molecule has 2 heterocycles. The van der Waals surface area contributed by atoms with Crippen molar-refractivity contribution in [3.8, 4) is 0 Å². The normalized spacial score (nSPS) is 23.4. The summed E-state index contributed by atoms with van der Waals surface area (Å²) in [7, 11) is 0. The van der Waals surface area contributed by atoms with E-state index in [9.17, 15) is 4.79 Å². The molecule has 1 fully saturated rings. The molecule has 1 saturated heterocycles. The molecule has 1 amide bonds. The van der Waals surface area contributed by atoms with Gasteiger partial charge in [0, 0.05) is 12.4 Å². The van der Waals surface area contributed by atoms with Crippen molar-refractivity contribution in [1.82, 2.24) is 4.90 Å². The molecule has 2 rings (SSSR count). The Kier molecular flexibility index (Phi) is 3.41. The monoisotopic (exact) mass is 229 g/mol. The van der Waals surface area contributed by atoms with Gasteiger partial charge < -0.3 is 9.64 Å². The van der Waals surface area contributed by atoms with Crippen LogP contribution < -0.4 is 4.90 Å². The van der Waals surface area contributed by atoms with Crippen molar-refractivity contribution >= 4 is 17.0 Å². The number of amides is 1. The Morgan fingerprint density at radius 2 is 1.93 bits per heavy atom. The predicted octanol–water partition coefficient (Wildman–Crippen LogP) is -0.0281. The second-order valence-electron chi connectivity index (χ2n) is 3.64. The van der Waals surface area contributed by atoms with E-state index >= 15 is 0 Å². The van der Waals surface area contributed by atoms with Crippen molar-refractivity contribution < 1.29 is 14.4 Å².